The second kappa shape index (κ2) is 5.36. The highest BCUT2D eigenvalue weighted by Gasteiger charge is 2.00. The molecule has 0 saturated heterocycles. The van der Waals surface area contributed by atoms with Crippen molar-refractivity contribution in [2.24, 2.45) is 5.10 Å². The van der Waals surface area contributed by atoms with Gasteiger partial charge in [-0.1, -0.05) is 24.3 Å². The van der Waals surface area contributed by atoms with Crippen molar-refractivity contribution in [3.05, 3.63) is 60.3 Å². The third kappa shape index (κ3) is 2.56. The zero-order valence-corrected chi connectivity index (χ0v) is 10.6. The van der Waals surface area contributed by atoms with Gasteiger partial charge in [-0.3, -0.25) is 5.43 Å². The third-order valence-electron chi connectivity index (χ3n) is 2.85. The fraction of sp³-hybridized carbons (Fsp3) is 0. The van der Waals surface area contributed by atoms with Crippen LogP contribution in [0.2, 0.25) is 0 Å². The van der Waals surface area contributed by atoms with Gasteiger partial charge in [-0.15, -0.1) is 5.10 Å². The lowest BCUT2D eigenvalue weighted by molar-refractivity contribution is 0.475. The number of aromatic hydroxyl groups is 1. The number of hydrazone groups is 1. The van der Waals surface area contributed by atoms with Crippen LogP contribution >= 0.6 is 0 Å². The molecule has 0 aliphatic carbocycles. The number of rotatable bonds is 3. The minimum absolute atomic E-state index is 0.232. The summed E-state index contributed by atoms with van der Waals surface area (Å²) in [5, 5.41) is 23.3. The normalized spacial score (nSPS) is 11.0. The van der Waals surface area contributed by atoms with Gasteiger partial charge in [0.05, 0.1) is 12.4 Å². The summed E-state index contributed by atoms with van der Waals surface area (Å²) in [6.45, 7) is 0. The van der Waals surface area contributed by atoms with Crippen LogP contribution in [0.25, 0.3) is 10.8 Å². The second-order valence-corrected chi connectivity index (χ2v) is 4.24. The van der Waals surface area contributed by atoms with Crippen molar-refractivity contribution in [2.75, 3.05) is 5.43 Å². The Hall–Kier alpha value is -2.95. The number of hydrogen-bond acceptors (Lipinski definition) is 5. The predicted molar refractivity (Wildman–Crippen MR) is 78.9 cm³/mol. The topological polar surface area (TPSA) is 70.4 Å². The van der Waals surface area contributed by atoms with Gasteiger partial charge in [0.25, 0.3) is 0 Å². The average Bonchev–Trinajstić information content (AvgIpc) is 2.49. The number of phenolic OH excluding ortho intramolecular Hbond substituents is 1. The number of benzene rings is 2. The smallest absolute Gasteiger partial charge is 0.176 e. The Balaban J connectivity index is 1.81. The fourth-order valence-corrected chi connectivity index (χ4v) is 1.84. The number of fused-ring (bicyclic) bond motifs is 1. The monoisotopic (exact) mass is 264 g/mol. The summed E-state index contributed by atoms with van der Waals surface area (Å²) in [7, 11) is 0. The molecule has 0 amide bonds. The number of phenols is 1. The molecule has 1 aromatic heterocycles. The summed E-state index contributed by atoms with van der Waals surface area (Å²) in [6, 6.07) is 14.6. The van der Waals surface area contributed by atoms with E-state index in [1.807, 2.05) is 24.3 Å². The van der Waals surface area contributed by atoms with Crippen LogP contribution in [0, 0.1) is 0 Å². The first-order valence-electron chi connectivity index (χ1n) is 6.11. The molecule has 0 aliphatic rings. The highest BCUT2D eigenvalue weighted by atomic mass is 16.3. The van der Waals surface area contributed by atoms with Crippen LogP contribution in [-0.2, 0) is 0 Å². The number of nitrogens with one attached hydrogen (secondary N) is 1. The lowest BCUT2D eigenvalue weighted by Crippen LogP contribution is -1.96. The molecular formula is C15H12N4O. The predicted octanol–water partition coefficient (Wildman–Crippen LogP) is 2.78. The van der Waals surface area contributed by atoms with Gasteiger partial charge >= 0.3 is 0 Å². The SMILES string of the molecule is Oc1ccc(/C=N/Nc2nncc3ccccc23)cc1. The van der Waals surface area contributed by atoms with Crippen molar-refractivity contribution >= 4 is 22.8 Å². The molecule has 0 unspecified atom stereocenters. The maximum Gasteiger partial charge on any atom is 0.176 e. The van der Waals surface area contributed by atoms with Gasteiger partial charge in [0, 0.05) is 10.8 Å². The Morgan fingerprint density at radius 1 is 1.05 bits per heavy atom. The molecule has 20 heavy (non-hydrogen) atoms. The summed E-state index contributed by atoms with van der Waals surface area (Å²) in [6.07, 6.45) is 3.37. The Morgan fingerprint density at radius 3 is 2.70 bits per heavy atom. The van der Waals surface area contributed by atoms with E-state index in [4.69, 9.17) is 0 Å². The Morgan fingerprint density at radius 2 is 1.85 bits per heavy atom. The van der Waals surface area contributed by atoms with Gasteiger partial charge in [0.15, 0.2) is 5.82 Å². The van der Waals surface area contributed by atoms with E-state index in [1.54, 1.807) is 36.7 Å². The fourth-order valence-electron chi connectivity index (χ4n) is 1.84. The van der Waals surface area contributed by atoms with Gasteiger partial charge in [-0.25, -0.2) is 0 Å². The molecular weight excluding hydrogens is 252 g/mol. The summed E-state index contributed by atoms with van der Waals surface area (Å²) in [5.74, 6) is 0.841. The van der Waals surface area contributed by atoms with Crippen LogP contribution < -0.4 is 5.43 Å². The van der Waals surface area contributed by atoms with Crippen LogP contribution in [0.5, 0.6) is 5.75 Å². The molecule has 0 atom stereocenters. The molecule has 5 heteroatoms. The lowest BCUT2D eigenvalue weighted by atomic mass is 10.2. The van der Waals surface area contributed by atoms with E-state index in [1.165, 1.54) is 0 Å². The molecule has 0 fully saturated rings. The molecule has 0 bridgehead atoms. The first kappa shape index (κ1) is 12.1. The molecule has 3 aromatic rings. The first-order valence-corrected chi connectivity index (χ1v) is 6.11. The van der Waals surface area contributed by atoms with E-state index in [-0.39, 0.29) is 5.75 Å². The molecule has 1 heterocycles. The van der Waals surface area contributed by atoms with Gasteiger partial charge in [-0.2, -0.15) is 10.2 Å². The lowest BCUT2D eigenvalue weighted by Gasteiger charge is -2.02. The van der Waals surface area contributed by atoms with Crippen LogP contribution in [-0.4, -0.2) is 21.5 Å². The summed E-state index contributed by atoms with van der Waals surface area (Å²) >= 11 is 0. The van der Waals surface area contributed by atoms with Crippen LogP contribution in [0.1, 0.15) is 5.56 Å². The molecule has 2 aromatic carbocycles. The summed E-state index contributed by atoms with van der Waals surface area (Å²) in [5.41, 5.74) is 3.76. The van der Waals surface area contributed by atoms with Gasteiger partial charge in [-0.05, 0) is 29.8 Å². The largest absolute Gasteiger partial charge is 0.508 e. The first-order chi connectivity index (χ1) is 9.83. The van der Waals surface area contributed by atoms with E-state index in [9.17, 15) is 5.11 Å². The highest BCUT2D eigenvalue weighted by molar-refractivity contribution is 5.91. The Labute approximate surface area is 115 Å². The summed E-state index contributed by atoms with van der Waals surface area (Å²) < 4.78 is 0. The van der Waals surface area contributed by atoms with Crippen LogP contribution in [0.15, 0.2) is 59.8 Å². The standard InChI is InChI=1S/C15H12N4O/c20-13-7-5-11(6-8-13)9-16-18-15-14-4-2-1-3-12(14)10-17-19-15/h1-10,20H,(H,18,19)/b16-9+. The molecule has 0 aliphatic heterocycles. The average molecular weight is 264 g/mol. The maximum absolute atomic E-state index is 9.20. The minimum atomic E-state index is 0.232. The maximum atomic E-state index is 9.20. The van der Waals surface area contributed by atoms with E-state index >= 15 is 0 Å². The molecule has 2 N–H and O–H groups in total. The van der Waals surface area contributed by atoms with Crippen molar-refractivity contribution in [2.45, 2.75) is 0 Å². The van der Waals surface area contributed by atoms with Gasteiger partial charge < -0.3 is 5.11 Å². The molecule has 5 nitrogen and oxygen atoms in total. The number of hydrogen-bond donors (Lipinski definition) is 2. The zero-order valence-electron chi connectivity index (χ0n) is 10.6. The molecule has 3 rings (SSSR count). The van der Waals surface area contributed by atoms with Crippen LogP contribution in [0.3, 0.4) is 0 Å². The van der Waals surface area contributed by atoms with Crippen molar-refractivity contribution in [3.63, 3.8) is 0 Å². The third-order valence-corrected chi connectivity index (χ3v) is 2.85. The van der Waals surface area contributed by atoms with E-state index in [2.05, 4.69) is 20.7 Å². The molecule has 0 saturated carbocycles. The second-order valence-electron chi connectivity index (χ2n) is 4.24. The number of nitrogens with zero attached hydrogens (tertiary/aromatic N) is 3. The van der Waals surface area contributed by atoms with Crippen molar-refractivity contribution in [1.29, 1.82) is 0 Å². The van der Waals surface area contributed by atoms with Crippen molar-refractivity contribution < 1.29 is 5.11 Å². The Bertz CT molecular complexity index is 748. The Kier molecular flexibility index (Phi) is 3.24. The van der Waals surface area contributed by atoms with Crippen molar-refractivity contribution in [1.82, 2.24) is 10.2 Å². The molecule has 0 radical (unpaired) electrons. The number of aromatic nitrogens is 2. The van der Waals surface area contributed by atoms with Crippen molar-refractivity contribution in [3.8, 4) is 5.75 Å². The number of anilines is 1. The zero-order chi connectivity index (χ0) is 13.8. The highest BCUT2D eigenvalue weighted by Crippen LogP contribution is 2.19. The molecule has 98 valence electrons. The summed E-state index contributed by atoms with van der Waals surface area (Å²) in [4.78, 5) is 0. The van der Waals surface area contributed by atoms with Crippen LogP contribution in [0.4, 0.5) is 5.82 Å². The van der Waals surface area contributed by atoms with Gasteiger partial charge in [0.1, 0.15) is 5.75 Å². The minimum Gasteiger partial charge on any atom is -0.508 e. The molecule has 0 spiro atoms. The van der Waals surface area contributed by atoms with E-state index in [0.29, 0.717) is 5.82 Å². The quantitative estimate of drug-likeness (QED) is 0.563. The van der Waals surface area contributed by atoms with Gasteiger partial charge in [0.2, 0.25) is 0 Å². The van der Waals surface area contributed by atoms with E-state index < -0.39 is 0 Å². The van der Waals surface area contributed by atoms with E-state index in [0.717, 1.165) is 16.3 Å².